The van der Waals surface area contributed by atoms with E-state index in [9.17, 15) is 0 Å². The smallest absolute Gasteiger partial charge is 0.181 e. The van der Waals surface area contributed by atoms with Gasteiger partial charge in [-0.3, -0.25) is 0 Å². The molecule has 0 bridgehead atoms. The van der Waals surface area contributed by atoms with Crippen LogP contribution in [0.3, 0.4) is 0 Å². The Morgan fingerprint density at radius 1 is 1.43 bits per heavy atom. The Labute approximate surface area is 81.9 Å². The van der Waals surface area contributed by atoms with Crippen LogP contribution in [0.15, 0.2) is 30.5 Å². The molecule has 3 heteroatoms. The van der Waals surface area contributed by atoms with Crippen LogP contribution in [0, 0.1) is 11.3 Å². The lowest BCUT2D eigenvalue weighted by Gasteiger charge is -2.06. The SMILES string of the molecule is CC(C#N)Oc1ccc2[nH]ccc2c1. The van der Waals surface area contributed by atoms with Gasteiger partial charge in [0, 0.05) is 17.1 Å². The van der Waals surface area contributed by atoms with Crippen LogP contribution in [0.25, 0.3) is 10.9 Å². The van der Waals surface area contributed by atoms with Crippen molar-refractivity contribution in [1.82, 2.24) is 4.98 Å². The summed E-state index contributed by atoms with van der Waals surface area (Å²) in [6, 6.07) is 9.71. The van der Waals surface area contributed by atoms with Crippen LogP contribution < -0.4 is 4.74 Å². The van der Waals surface area contributed by atoms with Gasteiger partial charge in [-0.2, -0.15) is 5.26 Å². The predicted octanol–water partition coefficient (Wildman–Crippen LogP) is 2.46. The molecule has 2 rings (SSSR count). The second-order valence-electron chi connectivity index (χ2n) is 3.12. The highest BCUT2D eigenvalue weighted by Crippen LogP contribution is 2.20. The number of fused-ring (bicyclic) bond motifs is 1. The van der Waals surface area contributed by atoms with Crippen molar-refractivity contribution in [2.45, 2.75) is 13.0 Å². The van der Waals surface area contributed by atoms with E-state index in [1.165, 1.54) is 0 Å². The van der Waals surface area contributed by atoms with E-state index in [1.807, 2.05) is 36.5 Å². The lowest BCUT2D eigenvalue weighted by Crippen LogP contribution is -2.07. The first-order valence-electron chi connectivity index (χ1n) is 4.43. The second-order valence-corrected chi connectivity index (χ2v) is 3.12. The van der Waals surface area contributed by atoms with Gasteiger partial charge in [-0.25, -0.2) is 0 Å². The fraction of sp³-hybridized carbons (Fsp3) is 0.182. The maximum Gasteiger partial charge on any atom is 0.181 e. The van der Waals surface area contributed by atoms with Gasteiger partial charge in [0.1, 0.15) is 11.8 Å². The van der Waals surface area contributed by atoms with Crippen molar-refractivity contribution >= 4 is 10.9 Å². The molecule has 0 aliphatic rings. The molecule has 0 aliphatic heterocycles. The Morgan fingerprint density at radius 2 is 2.29 bits per heavy atom. The highest BCUT2D eigenvalue weighted by Gasteiger charge is 2.02. The molecule has 1 N–H and O–H groups in total. The summed E-state index contributed by atoms with van der Waals surface area (Å²) in [5.41, 5.74) is 1.07. The maximum absolute atomic E-state index is 8.59. The number of aromatic amines is 1. The topological polar surface area (TPSA) is 48.8 Å². The number of nitrogens with one attached hydrogen (secondary N) is 1. The third-order valence-corrected chi connectivity index (χ3v) is 2.02. The number of hydrogen-bond donors (Lipinski definition) is 1. The van der Waals surface area contributed by atoms with Crippen LogP contribution in [0.2, 0.25) is 0 Å². The molecule has 0 saturated heterocycles. The van der Waals surface area contributed by atoms with Gasteiger partial charge in [0.15, 0.2) is 6.10 Å². The molecule has 0 fully saturated rings. The van der Waals surface area contributed by atoms with Gasteiger partial charge < -0.3 is 9.72 Å². The quantitative estimate of drug-likeness (QED) is 0.783. The Kier molecular flexibility index (Phi) is 2.11. The van der Waals surface area contributed by atoms with Gasteiger partial charge in [-0.1, -0.05) is 0 Å². The van der Waals surface area contributed by atoms with Crippen molar-refractivity contribution in [3.63, 3.8) is 0 Å². The molecule has 14 heavy (non-hydrogen) atoms. The average molecular weight is 186 g/mol. The summed E-state index contributed by atoms with van der Waals surface area (Å²) >= 11 is 0. The summed E-state index contributed by atoms with van der Waals surface area (Å²) in [7, 11) is 0. The first kappa shape index (κ1) is 8.64. The molecule has 0 spiro atoms. The molecular formula is C11H10N2O. The van der Waals surface area contributed by atoms with E-state index in [4.69, 9.17) is 10.00 Å². The predicted molar refractivity (Wildman–Crippen MR) is 54.0 cm³/mol. The monoisotopic (exact) mass is 186 g/mol. The van der Waals surface area contributed by atoms with Crippen LogP contribution in [-0.2, 0) is 0 Å². The largest absolute Gasteiger partial charge is 0.476 e. The number of ether oxygens (including phenoxy) is 1. The molecule has 70 valence electrons. The molecule has 0 aliphatic carbocycles. The molecule has 0 radical (unpaired) electrons. The molecule has 3 nitrogen and oxygen atoms in total. The molecule has 0 saturated carbocycles. The fourth-order valence-electron chi connectivity index (χ4n) is 1.34. The summed E-state index contributed by atoms with van der Waals surface area (Å²) in [6.45, 7) is 1.72. The summed E-state index contributed by atoms with van der Waals surface area (Å²) in [5.74, 6) is 0.728. The van der Waals surface area contributed by atoms with E-state index in [0.717, 1.165) is 16.7 Å². The van der Waals surface area contributed by atoms with Crippen LogP contribution in [0.1, 0.15) is 6.92 Å². The first-order valence-corrected chi connectivity index (χ1v) is 4.43. The zero-order valence-corrected chi connectivity index (χ0v) is 7.82. The third kappa shape index (κ3) is 1.55. The lowest BCUT2D eigenvalue weighted by atomic mass is 10.2. The molecule has 1 aromatic heterocycles. The van der Waals surface area contributed by atoms with Crippen molar-refractivity contribution in [3.8, 4) is 11.8 Å². The third-order valence-electron chi connectivity index (χ3n) is 2.02. The van der Waals surface area contributed by atoms with E-state index >= 15 is 0 Å². The first-order chi connectivity index (χ1) is 6.79. The summed E-state index contributed by atoms with van der Waals surface area (Å²) < 4.78 is 5.37. The zero-order chi connectivity index (χ0) is 9.97. The Balaban J connectivity index is 2.31. The van der Waals surface area contributed by atoms with Crippen molar-refractivity contribution in [2.24, 2.45) is 0 Å². The van der Waals surface area contributed by atoms with Crippen molar-refractivity contribution in [1.29, 1.82) is 5.26 Å². The second kappa shape index (κ2) is 3.43. The molecule has 1 atom stereocenters. The number of benzene rings is 1. The normalized spacial score (nSPS) is 12.3. The van der Waals surface area contributed by atoms with Gasteiger partial charge in [-0.05, 0) is 31.2 Å². The van der Waals surface area contributed by atoms with Gasteiger partial charge in [-0.15, -0.1) is 0 Å². The summed E-state index contributed by atoms with van der Waals surface area (Å²) in [5, 5.41) is 9.68. The lowest BCUT2D eigenvalue weighted by molar-refractivity contribution is 0.277. The Hall–Kier alpha value is -1.95. The minimum absolute atomic E-state index is 0.411. The van der Waals surface area contributed by atoms with E-state index in [2.05, 4.69) is 4.98 Å². The minimum atomic E-state index is -0.411. The van der Waals surface area contributed by atoms with E-state index in [0.29, 0.717) is 0 Å². The van der Waals surface area contributed by atoms with Crippen molar-refractivity contribution in [3.05, 3.63) is 30.5 Å². The minimum Gasteiger partial charge on any atom is -0.476 e. The van der Waals surface area contributed by atoms with Crippen molar-refractivity contribution < 1.29 is 4.74 Å². The standard InChI is InChI=1S/C11H10N2O/c1-8(7-12)14-10-2-3-11-9(6-10)4-5-13-11/h2-6,8,13H,1H3. The average Bonchev–Trinajstić information content (AvgIpc) is 2.64. The van der Waals surface area contributed by atoms with Crippen LogP contribution in [0.4, 0.5) is 0 Å². The molecule has 0 amide bonds. The fourth-order valence-corrected chi connectivity index (χ4v) is 1.34. The summed E-state index contributed by atoms with van der Waals surface area (Å²) in [4.78, 5) is 3.09. The van der Waals surface area contributed by atoms with Gasteiger partial charge in [0.2, 0.25) is 0 Å². The maximum atomic E-state index is 8.59. The number of nitrogens with zero attached hydrogens (tertiary/aromatic N) is 1. The van der Waals surface area contributed by atoms with Gasteiger partial charge in [0.25, 0.3) is 0 Å². The Morgan fingerprint density at radius 3 is 3.07 bits per heavy atom. The number of hydrogen-bond acceptors (Lipinski definition) is 2. The number of rotatable bonds is 2. The number of aromatic nitrogens is 1. The van der Waals surface area contributed by atoms with Crippen LogP contribution >= 0.6 is 0 Å². The van der Waals surface area contributed by atoms with E-state index < -0.39 is 6.10 Å². The Bertz CT molecular complexity index is 481. The zero-order valence-electron chi connectivity index (χ0n) is 7.82. The molecule has 1 heterocycles. The van der Waals surface area contributed by atoms with Crippen molar-refractivity contribution in [2.75, 3.05) is 0 Å². The van der Waals surface area contributed by atoms with Gasteiger partial charge >= 0.3 is 0 Å². The van der Waals surface area contributed by atoms with Gasteiger partial charge in [0.05, 0.1) is 0 Å². The molecule has 2 aromatic rings. The van der Waals surface area contributed by atoms with E-state index in [1.54, 1.807) is 6.92 Å². The molecule has 1 aromatic carbocycles. The number of H-pyrrole nitrogens is 1. The van der Waals surface area contributed by atoms with E-state index in [-0.39, 0.29) is 0 Å². The van der Waals surface area contributed by atoms with Crippen LogP contribution in [-0.4, -0.2) is 11.1 Å². The highest BCUT2D eigenvalue weighted by atomic mass is 16.5. The number of nitriles is 1. The molecule has 1 unspecified atom stereocenters. The van der Waals surface area contributed by atoms with Crippen LogP contribution in [0.5, 0.6) is 5.75 Å². The summed E-state index contributed by atoms with van der Waals surface area (Å²) in [6.07, 6.45) is 1.47. The highest BCUT2D eigenvalue weighted by molar-refractivity contribution is 5.80. The molecular weight excluding hydrogens is 176 g/mol.